The lowest BCUT2D eigenvalue weighted by atomic mass is 10.1. The molecule has 168 valence electrons. The van der Waals surface area contributed by atoms with Gasteiger partial charge in [0, 0.05) is 12.6 Å². The number of fused-ring (bicyclic) bond motifs is 1. The molecule has 0 saturated heterocycles. The molecule has 2 amide bonds. The number of benzene rings is 2. The van der Waals surface area contributed by atoms with Crippen molar-refractivity contribution < 1.29 is 14.0 Å². The number of amides is 2. The second-order valence-electron chi connectivity index (χ2n) is 7.76. The van der Waals surface area contributed by atoms with Crippen molar-refractivity contribution in [3.63, 3.8) is 0 Å². The Balaban J connectivity index is 1.51. The van der Waals surface area contributed by atoms with Crippen LogP contribution in [0.3, 0.4) is 0 Å². The molecule has 2 N–H and O–H groups in total. The zero-order valence-corrected chi connectivity index (χ0v) is 18.6. The molecule has 2 aromatic carbocycles. The number of aromatic nitrogens is 3. The van der Waals surface area contributed by atoms with Gasteiger partial charge in [-0.3, -0.25) is 14.3 Å². The van der Waals surface area contributed by atoms with Crippen molar-refractivity contribution in [1.82, 2.24) is 14.8 Å². The summed E-state index contributed by atoms with van der Waals surface area (Å²) in [7, 11) is 1.78. The van der Waals surface area contributed by atoms with E-state index in [2.05, 4.69) is 20.7 Å². The van der Waals surface area contributed by atoms with Gasteiger partial charge in [0.05, 0.1) is 34.3 Å². The van der Waals surface area contributed by atoms with Gasteiger partial charge in [-0.2, -0.15) is 5.10 Å². The first-order chi connectivity index (χ1) is 16.5. The molecule has 0 atom stereocenters. The van der Waals surface area contributed by atoms with Crippen LogP contribution in [0.25, 0.3) is 22.5 Å². The lowest BCUT2D eigenvalue weighted by Crippen LogP contribution is -2.17. The average molecular weight is 451 g/mol. The summed E-state index contributed by atoms with van der Waals surface area (Å²) >= 11 is 0. The molecule has 8 heteroatoms. The molecule has 0 spiro atoms. The zero-order chi connectivity index (χ0) is 23.7. The van der Waals surface area contributed by atoms with Crippen LogP contribution in [0.15, 0.2) is 83.5 Å². The zero-order valence-electron chi connectivity index (χ0n) is 18.6. The Kier molecular flexibility index (Phi) is 5.39. The maximum atomic E-state index is 13.5. The van der Waals surface area contributed by atoms with Gasteiger partial charge in [-0.15, -0.1) is 0 Å². The van der Waals surface area contributed by atoms with Crippen molar-refractivity contribution in [2.75, 3.05) is 10.6 Å². The number of carbonyl (C=O) groups is 2. The molecule has 0 aliphatic heterocycles. The number of carbonyl (C=O) groups excluding carboxylic acids is 2. The number of anilines is 2. The van der Waals surface area contributed by atoms with Gasteiger partial charge in [0.25, 0.3) is 11.8 Å². The minimum atomic E-state index is -0.349. The first-order valence-electron chi connectivity index (χ1n) is 10.7. The number of aryl methyl sites for hydroxylation is 2. The summed E-state index contributed by atoms with van der Waals surface area (Å²) in [4.78, 5) is 30.8. The Morgan fingerprint density at radius 2 is 1.56 bits per heavy atom. The van der Waals surface area contributed by atoms with Crippen LogP contribution in [-0.2, 0) is 7.05 Å². The van der Waals surface area contributed by atoms with Crippen molar-refractivity contribution in [3.8, 4) is 11.5 Å². The lowest BCUT2D eigenvalue weighted by Gasteiger charge is -2.13. The number of furan rings is 1. The maximum Gasteiger partial charge on any atom is 0.256 e. The van der Waals surface area contributed by atoms with Crippen LogP contribution in [0.4, 0.5) is 11.4 Å². The molecule has 3 aromatic heterocycles. The van der Waals surface area contributed by atoms with E-state index in [4.69, 9.17) is 4.42 Å². The molecular weight excluding hydrogens is 430 g/mol. The highest BCUT2D eigenvalue weighted by Gasteiger charge is 2.21. The molecule has 0 fully saturated rings. The van der Waals surface area contributed by atoms with Crippen LogP contribution in [-0.4, -0.2) is 26.6 Å². The van der Waals surface area contributed by atoms with Gasteiger partial charge < -0.3 is 15.1 Å². The monoisotopic (exact) mass is 451 g/mol. The van der Waals surface area contributed by atoms with Crippen molar-refractivity contribution in [1.29, 1.82) is 0 Å². The summed E-state index contributed by atoms with van der Waals surface area (Å²) < 4.78 is 7.14. The van der Waals surface area contributed by atoms with Crippen molar-refractivity contribution in [2.45, 2.75) is 6.92 Å². The van der Waals surface area contributed by atoms with E-state index in [1.807, 2.05) is 13.0 Å². The van der Waals surface area contributed by atoms with E-state index in [0.717, 1.165) is 0 Å². The third-order valence-corrected chi connectivity index (χ3v) is 5.45. The number of hydrogen-bond donors (Lipinski definition) is 2. The topological polar surface area (TPSA) is 102 Å². The van der Waals surface area contributed by atoms with E-state index in [9.17, 15) is 9.59 Å². The molecule has 8 nitrogen and oxygen atoms in total. The molecule has 0 radical (unpaired) electrons. The summed E-state index contributed by atoms with van der Waals surface area (Å²) in [5, 5.41) is 10.9. The first kappa shape index (κ1) is 21.1. The Hall–Kier alpha value is -4.72. The van der Waals surface area contributed by atoms with Crippen LogP contribution in [0, 0.1) is 6.92 Å². The van der Waals surface area contributed by atoms with E-state index in [1.54, 1.807) is 84.7 Å². The number of pyridine rings is 1. The van der Waals surface area contributed by atoms with Crippen LogP contribution in [0.1, 0.15) is 26.4 Å². The molecule has 5 rings (SSSR count). The standard InChI is InChI=1S/C26H21N5O3/c1-16-23-18(15-21(22-13-8-14-34-22)27-24(23)31(2)30-16)26(33)29-20-12-7-6-11-19(20)28-25(32)17-9-4-3-5-10-17/h3-15H,1-2H3,(H,28,32)(H,29,33). The number of rotatable bonds is 5. The van der Waals surface area contributed by atoms with Crippen LogP contribution < -0.4 is 10.6 Å². The second-order valence-corrected chi connectivity index (χ2v) is 7.76. The van der Waals surface area contributed by atoms with Gasteiger partial charge in [0.1, 0.15) is 5.69 Å². The maximum absolute atomic E-state index is 13.5. The van der Waals surface area contributed by atoms with Crippen LogP contribution in [0.2, 0.25) is 0 Å². The van der Waals surface area contributed by atoms with Crippen molar-refractivity contribution in [2.24, 2.45) is 7.05 Å². The number of nitrogens with zero attached hydrogens (tertiary/aromatic N) is 3. The molecule has 0 aliphatic rings. The predicted octanol–water partition coefficient (Wildman–Crippen LogP) is 5.04. The molecule has 3 heterocycles. The summed E-state index contributed by atoms with van der Waals surface area (Å²) in [6.07, 6.45) is 1.56. The van der Waals surface area contributed by atoms with Gasteiger partial charge in [-0.1, -0.05) is 30.3 Å². The SMILES string of the molecule is Cc1nn(C)c2nc(-c3ccco3)cc(C(=O)Nc3ccccc3NC(=O)c3ccccc3)c12. The third-order valence-electron chi connectivity index (χ3n) is 5.45. The summed E-state index contributed by atoms with van der Waals surface area (Å²) in [6.45, 7) is 1.83. The molecule has 0 aliphatic carbocycles. The summed E-state index contributed by atoms with van der Waals surface area (Å²) in [5.41, 5.74) is 3.68. The van der Waals surface area contributed by atoms with E-state index in [1.165, 1.54) is 0 Å². The highest BCUT2D eigenvalue weighted by molar-refractivity contribution is 6.15. The lowest BCUT2D eigenvalue weighted by molar-refractivity contribution is 0.101. The number of para-hydroxylation sites is 2. The number of hydrogen-bond acceptors (Lipinski definition) is 5. The van der Waals surface area contributed by atoms with E-state index < -0.39 is 0 Å². The van der Waals surface area contributed by atoms with Crippen LogP contribution in [0.5, 0.6) is 0 Å². The Labute approximate surface area is 195 Å². The van der Waals surface area contributed by atoms with E-state index >= 15 is 0 Å². The molecular formula is C26H21N5O3. The van der Waals surface area contributed by atoms with E-state index in [0.29, 0.717) is 50.7 Å². The Bertz CT molecular complexity index is 1500. The minimum Gasteiger partial charge on any atom is -0.463 e. The molecule has 34 heavy (non-hydrogen) atoms. The van der Waals surface area contributed by atoms with Gasteiger partial charge in [-0.25, -0.2) is 4.98 Å². The quantitative estimate of drug-likeness (QED) is 0.390. The molecule has 0 saturated carbocycles. The van der Waals surface area contributed by atoms with Crippen LogP contribution >= 0.6 is 0 Å². The smallest absolute Gasteiger partial charge is 0.256 e. The fraction of sp³-hybridized carbons (Fsp3) is 0.0769. The summed E-state index contributed by atoms with van der Waals surface area (Å²) in [6, 6.07) is 21.2. The fourth-order valence-corrected chi connectivity index (χ4v) is 3.85. The average Bonchev–Trinajstić information content (AvgIpc) is 3.49. The van der Waals surface area contributed by atoms with Gasteiger partial charge >= 0.3 is 0 Å². The van der Waals surface area contributed by atoms with Crippen molar-refractivity contribution >= 4 is 34.2 Å². The van der Waals surface area contributed by atoms with Gasteiger partial charge in [0.2, 0.25) is 0 Å². The van der Waals surface area contributed by atoms with Gasteiger partial charge in [0.15, 0.2) is 11.4 Å². The fourth-order valence-electron chi connectivity index (χ4n) is 3.85. The molecule has 0 bridgehead atoms. The second kappa shape index (κ2) is 8.67. The third kappa shape index (κ3) is 3.93. The van der Waals surface area contributed by atoms with Gasteiger partial charge in [-0.05, 0) is 49.4 Å². The highest BCUT2D eigenvalue weighted by Crippen LogP contribution is 2.29. The first-order valence-corrected chi connectivity index (χ1v) is 10.7. The highest BCUT2D eigenvalue weighted by atomic mass is 16.3. The normalized spacial score (nSPS) is 10.9. The van der Waals surface area contributed by atoms with Crippen molar-refractivity contribution in [3.05, 3.63) is 95.9 Å². The molecule has 0 unspecified atom stereocenters. The summed E-state index contributed by atoms with van der Waals surface area (Å²) in [5.74, 6) is -0.0696. The van der Waals surface area contributed by atoms with E-state index in [-0.39, 0.29) is 11.8 Å². The largest absolute Gasteiger partial charge is 0.463 e. The minimum absolute atomic E-state index is 0.267. The Morgan fingerprint density at radius 3 is 2.24 bits per heavy atom. The number of nitrogens with one attached hydrogen (secondary N) is 2. The Morgan fingerprint density at radius 1 is 0.882 bits per heavy atom. The predicted molar refractivity (Wildman–Crippen MR) is 130 cm³/mol. The molecule has 5 aromatic rings.